The van der Waals surface area contributed by atoms with Crippen molar-refractivity contribution in [1.29, 1.82) is 0 Å². The minimum absolute atomic E-state index is 0.110. The molecular weight excluding hydrogens is 246 g/mol. The van der Waals surface area contributed by atoms with Crippen LogP contribution in [0.15, 0.2) is 0 Å². The number of rotatable bonds is 4. The van der Waals surface area contributed by atoms with Crippen molar-refractivity contribution in [3.8, 4) is 0 Å². The van der Waals surface area contributed by atoms with Crippen LogP contribution >= 0.6 is 24.0 Å². The molecule has 1 aliphatic rings. The first-order chi connectivity index (χ1) is 7.74. The van der Waals surface area contributed by atoms with Crippen molar-refractivity contribution >= 4 is 35.0 Å². The summed E-state index contributed by atoms with van der Waals surface area (Å²) in [6.45, 7) is 1.14. The van der Waals surface area contributed by atoms with Crippen molar-refractivity contribution in [3.63, 3.8) is 0 Å². The van der Waals surface area contributed by atoms with Gasteiger partial charge < -0.3 is 4.74 Å². The molecule has 1 saturated heterocycles. The molecule has 1 aliphatic heterocycles. The Morgan fingerprint density at radius 2 is 2.44 bits per heavy atom. The van der Waals surface area contributed by atoms with Gasteiger partial charge in [-0.3, -0.25) is 9.69 Å². The van der Waals surface area contributed by atoms with Gasteiger partial charge in [-0.05, 0) is 11.7 Å². The Morgan fingerprint density at radius 3 is 3.06 bits per heavy atom. The Morgan fingerprint density at radius 1 is 1.62 bits per heavy atom. The SMILES string of the molecule is COCc1nnc(N2CC(CS)CC2=O)s1. The number of methoxy groups -OCH3 is 1. The third-order valence-electron chi connectivity index (χ3n) is 2.42. The quantitative estimate of drug-likeness (QED) is 0.819. The van der Waals surface area contributed by atoms with E-state index in [2.05, 4.69) is 22.8 Å². The fourth-order valence-electron chi connectivity index (χ4n) is 1.62. The van der Waals surface area contributed by atoms with Crippen molar-refractivity contribution in [3.05, 3.63) is 5.01 Å². The normalized spacial score (nSPS) is 20.8. The van der Waals surface area contributed by atoms with Gasteiger partial charge in [-0.2, -0.15) is 12.6 Å². The predicted molar refractivity (Wildman–Crippen MR) is 64.9 cm³/mol. The van der Waals surface area contributed by atoms with Crippen molar-refractivity contribution in [1.82, 2.24) is 10.2 Å². The fourth-order valence-corrected chi connectivity index (χ4v) is 2.71. The second-order valence-electron chi connectivity index (χ2n) is 3.67. The molecule has 0 aliphatic carbocycles. The molecule has 1 aromatic rings. The monoisotopic (exact) mass is 259 g/mol. The maximum Gasteiger partial charge on any atom is 0.229 e. The number of carbonyl (C=O) groups excluding carboxylic acids is 1. The summed E-state index contributed by atoms with van der Waals surface area (Å²) in [6, 6.07) is 0. The maximum atomic E-state index is 11.7. The third-order valence-corrected chi connectivity index (χ3v) is 3.85. The standard InChI is InChI=1S/C9H13N3O2S2/c1-14-4-7-10-11-9(16-7)12-3-6(5-15)2-8(12)13/h6,15H,2-5H2,1H3. The van der Waals surface area contributed by atoms with Crippen LogP contribution in [0.1, 0.15) is 11.4 Å². The van der Waals surface area contributed by atoms with Crippen LogP contribution in [0.5, 0.6) is 0 Å². The fraction of sp³-hybridized carbons (Fsp3) is 0.667. The number of thiol groups is 1. The number of anilines is 1. The highest BCUT2D eigenvalue weighted by molar-refractivity contribution is 7.80. The van der Waals surface area contributed by atoms with Crippen LogP contribution in [0.25, 0.3) is 0 Å². The van der Waals surface area contributed by atoms with E-state index < -0.39 is 0 Å². The molecule has 1 aromatic heterocycles. The van der Waals surface area contributed by atoms with Crippen LogP contribution < -0.4 is 4.90 Å². The van der Waals surface area contributed by atoms with Crippen molar-refractivity contribution < 1.29 is 9.53 Å². The van der Waals surface area contributed by atoms with Crippen LogP contribution in [0.4, 0.5) is 5.13 Å². The zero-order valence-electron chi connectivity index (χ0n) is 8.92. The summed E-state index contributed by atoms with van der Waals surface area (Å²) >= 11 is 5.62. The zero-order chi connectivity index (χ0) is 11.5. The molecular formula is C9H13N3O2S2. The Balaban J connectivity index is 2.09. The Kier molecular flexibility index (Phi) is 3.78. The minimum Gasteiger partial charge on any atom is -0.377 e. The van der Waals surface area contributed by atoms with Gasteiger partial charge in [-0.1, -0.05) is 11.3 Å². The summed E-state index contributed by atoms with van der Waals surface area (Å²) in [6.07, 6.45) is 0.558. The lowest BCUT2D eigenvalue weighted by atomic mass is 10.1. The molecule has 0 spiro atoms. The van der Waals surface area contributed by atoms with Gasteiger partial charge in [0.05, 0.1) is 0 Å². The van der Waals surface area contributed by atoms with E-state index in [1.165, 1.54) is 11.3 Å². The lowest BCUT2D eigenvalue weighted by Gasteiger charge is -2.10. The van der Waals surface area contributed by atoms with Crippen molar-refractivity contribution in [2.24, 2.45) is 5.92 Å². The Hall–Kier alpha value is -0.660. The summed E-state index contributed by atoms with van der Waals surface area (Å²) in [5.41, 5.74) is 0. The molecule has 16 heavy (non-hydrogen) atoms. The summed E-state index contributed by atoms with van der Waals surface area (Å²) in [7, 11) is 1.61. The number of carbonyl (C=O) groups is 1. The van der Waals surface area contributed by atoms with Gasteiger partial charge in [0, 0.05) is 20.1 Å². The van der Waals surface area contributed by atoms with Crippen molar-refractivity contribution in [2.75, 3.05) is 24.3 Å². The average Bonchev–Trinajstić information content (AvgIpc) is 2.85. The van der Waals surface area contributed by atoms with Crippen LogP contribution in [0, 0.1) is 5.92 Å². The molecule has 0 saturated carbocycles. The highest BCUT2D eigenvalue weighted by atomic mass is 32.1. The van der Waals surface area contributed by atoms with Gasteiger partial charge in [-0.25, -0.2) is 0 Å². The highest BCUT2D eigenvalue weighted by Gasteiger charge is 2.31. The van der Waals surface area contributed by atoms with Crippen LogP contribution in [0.3, 0.4) is 0 Å². The third kappa shape index (κ3) is 2.36. The maximum absolute atomic E-state index is 11.7. The summed E-state index contributed by atoms with van der Waals surface area (Å²) < 4.78 is 4.97. The van der Waals surface area contributed by atoms with Gasteiger partial charge in [0.25, 0.3) is 0 Å². The van der Waals surface area contributed by atoms with E-state index in [1.807, 2.05) is 0 Å². The molecule has 1 fully saturated rings. The first-order valence-corrected chi connectivity index (χ1v) is 6.42. The number of amides is 1. The topological polar surface area (TPSA) is 55.3 Å². The van der Waals surface area contributed by atoms with E-state index in [0.29, 0.717) is 30.6 Å². The van der Waals surface area contributed by atoms with E-state index in [9.17, 15) is 4.79 Å². The first kappa shape index (κ1) is 11.8. The lowest BCUT2D eigenvalue weighted by Crippen LogP contribution is -2.24. The molecule has 0 bridgehead atoms. The number of hydrogen-bond acceptors (Lipinski definition) is 6. The van der Waals surface area contributed by atoms with Crippen LogP contribution in [-0.4, -0.2) is 35.5 Å². The van der Waals surface area contributed by atoms with E-state index in [4.69, 9.17) is 4.74 Å². The molecule has 0 N–H and O–H groups in total. The molecule has 1 amide bonds. The summed E-state index contributed by atoms with van der Waals surface area (Å²) in [5.74, 6) is 1.16. The molecule has 2 rings (SSSR count). The van der Waals surface area contributed by atoms with Gasteiger partial charge in [-0.15, -0.1) is 10.2 Å². The average molecular weight is 259 g/mol. The lowest BCUT2D eigenvalue weighted by molar-refractivity contribution is -0.117. The first-order valence-electron chi connectivity index (χ1n) is 4.97. The van der Waals surface area contributed by atoms with Gasteiger partial charge in [0.2, 0.25) is 11.0 Å². The molecule has 1 unspecified atom stereocenters. The molecule has 0 aromatic carbocycles. The summed E-state index contributed by atoms with van der Waals surface area (Å²) in [4.78, 5) is 13.4. The second-order valence-corrected chi connectivity index (χ2v) is 5.07. The van der Waals surface area contributed by atoms with E-state index >= 15 is 0 Å². The van der Waals surface area contributed by atoms with Gasteiger partial charge >= 0.3 is 0 Å². The smallest absolute Gasteiger partial charge is 0.229 e. The number of hydrogen-bond donors (Lipinski definition) is 1. The number of ether oxygens (including phenoxy) is 1. The molecule has 7 heteroatoms. The molecule has 5 nitrogen and oxygen atoms in total. The van der Waals surface area contributed by atoms with Gasteiger partial charge in [0.15, 0.2) is 0 Å². The largest absolute Gasteiger partial charge is 0.377 e. The zero-order valence-corrected chi connectivity index (χ0v) is 10.6. The van der Waals surface area contributed by atoms with Crippen molar-refractivity contribution in [2.45, 2.75) is 13.0 Å². The molecule has 0 radical (unpaired) electrons. The van der Waals surface area contributed by atoms with Crippen LogP contribution in [0.2, 0.25) is 0 Å². The molecule has 1 atom stereocenters. The summed E-state index contributed by atoms with van der Waals surface area (Å²) in [5, 5.41) is 9.43. The van der Waals surface area contributed by atoms with E-state index in [1.54, 1.807) is 12.0 Å². The van der Waals surface area contributed by atoms with E-state index in [0.717, 1.165) is 10.8 Å². The number of nitrogens with zero attached hydrogens (tertiary/aromatic N) is 3. The Labute approximate surface area is 103 Å². The van der Waals surface area contributed by atoms with Crippen LogP contribution in [-0.2, 0) is 16.1 Å². The second kappa shape index (κ2) is 5.11. The Bertz CT molecular complexity index is 383. The molecule has 2 heterocycles. The predicted octanol–water partition coefficient (Wildman–Crippen LogP) is 0.967. The minimum atomic E-state index is 0.110. The number of aromatic nitrogens is 2. The molecule has 88 valence electrons. The highest BCUT2D eigenvalue weighted by Crippen LogP contribution is 2.28. The van der Waals surface area contributed by atoms with E-state index in [-0.39, 0.29) is 5.91 Å². The van der Waals surface area contributed by atoms with Gasteiger partial charge in [0.1, 0.15) is 11.6 Å².